The first kappa shape index (κ1) is 11.7. The van der Waals surface area contributed by atoms with Gasteiger partial charge in [0, 0.05) is 19.7 Å². The summed E-state index contributed by atoms with van der Waals surface area (Å²) in [6, 6.07) is 0.647. The lowest BCUT2D eigenvalue weighted by atomic mass is 10.2. The zero-order chi connectivity index (χ0) is 11.4. The van der Waals surface area contributed by atoms with Crippen LogP contribution in [0.3, 0.4) is 0 Å². The Morgan fingerprint density at radius 1 is 1.62 bits per heavy atom. The number of aromatic nitrogens is 1. The van der Waals surface area contributed by atoms with E-state index in [1.54, 1.807) is 6.26 Å². The summed E-state index contributed by atoms with van der Waals surface area (Å²) < 4.78 is 11.0. The lowest BCUT2D eigenvalue weighted by Gasteiger charge is -2.21. The number of hydrogen-bond donors (Lipinski definition) is 0. The summed E-state index contributed by atoms with van der Waals surface area (Å²) in [5.74, 6) is 0.390. The Morgan fingerprint density at radius 2 is 2.50 bits per heavy atom. The molecule has 1 saturated heterocycles. The van der Waals surface area contributed by atoms with Crippen molar-refractivity contribution in [3.8, 4) is 0 Å². The Bertz CT molecular complexity index is 324. The van der Waals surface area contributed by atoms with Gasteiger partial charge >= 0.3 is 0 Å². The molecule has 0 amide bonds. The smallest absolute Gasteiger partial charge is 0.297 e. The number of rotatable bonds is 5. The number of nitrogens with zero attached hydrogens (tertiary/aromatic N) is 2. The lowest BCUT2D eigenvalue weighted by molar-refractivity contribution is 0.115. The maximum atomic E-state index is 5.69. The van der Waals surface area contributed by atoms with Gasteiger partial charge in [-0.05, 0) is 19.8 Å². The van der Waals surface area contributed by atoms with E-state index in [0.29, 0.717) is 18.0 Å². The van der Waals surface area contributed by atoms with Gasteiger partial charge in [0.15, 0.2) is 0 Å². The summed E-state index contributed by atoms with van der Waals surface area (Å²) >= 11 is 5.69. The molecule has 1 aromatic rings. The van der Waals surface area contributed by atoms with E-state index in [4.69, 9.17) is 20.8 Å². The largest absolute Gasteiger partial charge is 0.432 e. The Morgan fingerprint density at radius 3 is 3.06 bits per heavy atom. The highest BCUT2D eigenvalue weighted by Gasteiger charge is 2.21. The number of halogens is 1. The molecule has 0 aromatic carbocycles. The molecular weight excluding hydrogens is 228 g/mol. The molecule has 2 heterocycles. The molecule has 0 bridgehead atoms. The van der Waals surface area contributed by atoms with E-state index in [1.807, 2.05) is 0 Å². The van der Waals surface area contributed by atoms with Crippen LogP contribution >= 0.6 is 11.6 Å². The fourth-order valence-corrected chi connectivity index (χ4v) is 2.00. The highest BCUT2D eigenvalue weighted by Crippen LogP contribution is 2.19. The zero-order valence-corrected chi connectivity index (χ0v) is 10.2. The summed E-state index contributed by atoms with van der Waals surface area (Å²) in [7, 11) is 0. The van der Waals surface area contributed by atoms with Gasteiger partial charge in [-0.15, -0.1) is 11.6 Å². The molecule has 2 rings (SSSR count). The maximum absolute atomic E-state index is 5.69. The van der Waals surface area contributed by atoms with E-state index in [0.717, 1.165) is 38.2 Å². The van der Waals surface area contributed by atoms with Gasteiger partial charge in [0.2, 0.25) is 0 Å². The summed E-state index contributed by atoms with van der Waals surface area (Å²) in [5, 5.41) is 0. The summed E-state index contributed by atoms with van der Waals surface area (Å²) in [6.45, 7) is 4.67. The summed E-state index contributed by atoms with van der Waals surface area (Å²) in [6.07, 6.45) is 4.20. The highest BCUT2D eigenvalue weighted by atomic mass is 35.5. The molecule has 0 saturated carbocycles. The monoisotopic (exact) mass is 244 g/mol. The molecule has 0 N–H and O–H groups in total. The summed E-state index contributed by atoms with van der Waals surface area (Å²) in [5.41, 5.74) is 0.780. The van der Waals surface area contributed by atoms with Crippen LogP contribution in [0.1, 0.15) is 25.5 Å². The molecule has 1 unspecified atom stereocenters. The van der Waals surface area contributed by atoms with Crippen LogP contribution in [0.25, 0.3) is 0 Å². The quantitative estimate of drug-likeness (QED) is 0.746. The number of alkyl halides is 1. The van der Waals surface area contributed by atoms with E-state index in [9.17, 15) is 0 Å². The number of hydrogen-bond acceptors (Lipinski definition) is 4. The van der Waals surface area contributed by atoms with E-state index in [1.165, 1.54) is 0 Å². The average Bonchev–Trinajstić information content (AvgIpc) is 2.96. The van der Waals surface area contributed by atoms with Crippen molar-refractivity contribution in [3.63, 3.8) is 0 Å². The molecular formula is C11H17ClN2O2. The molecule has 4 nitrogen and oxygen atoms in total. The second-order valence-corrected chi connectivity index (χ2v) is 4.20. The third-order valence-corrected chi connectivity index (χ3v) is 3.05. The van der Waals surface area contributed by atoms with Crippen LogP contribution in [-0.2, 0) is 10.6 Å². The molecule has 5 heteroatoms. The molecule has 1 fully saturated rings. The van der Waals surface area contributed by atoms with Crippen molar-refractivity contribution in [2.24, 2.45) is 0 Å². The first-order valence-corrected chi connectivity index (χ1v) is 6.24. The van der Waals surface area contributed by atoms with Crippen LogP contribution in [0.15, 0.2) is 10.7 Å². The second-order valence-electron chi connectivity index (χ2n) is 3.93. The van der Waals surface area contributed by atoms with Crippen LogP contribution in [0.5, 0.6) is 0 Å². The number of likely N-dealkylation sites (N-methyl/N-ethyl adjacent to an activating group) is 1. The fraction of sp³-hybridized carbons (Fsp3) is 0.727. The molecule has 90 valence electrons. The molecule has 0 radical (unpaired) electrons. The standard InChI is InChI=1S/C11H17ClN2O2/c1-2-14(7-10-4-3-5-15-10)11-13-9(6-12)8-16-11/h8,10H,2-7H2,1H3. The Hall–Kier alpha value is -0.740. The van der Waals surface area contributed by atoms with Gasteiger partial charge in [-0.2, -0.15) is 4.98 Å². The van der Waals surface area contributed by atoms with Gasteiger partial charge in [-0.25, -0.2) is 0 Å². The number of ether oxygens (including phenoxy) is 1. The molecule has 0 aliphatic carbocycles. The Balaban J connectivity index is 1.97. The van der Waals surface area contributed by atoms with Gasteiger partial charge in [0.1, 0.15) is 6.26 Å². The van der Waals surface area contributed by atoms with E-state index in [-0.39, 0.29) is 0 Å². The van der Waals surface area contributed by atoms with Crippen LogP contribution in [-0.4, -0.2) is 30.8 Å². The van der Waals surface area contributed by atoms with E-state index in [2.05, 4.69) is 16.8 Å². The first-order valence-electron chi connectivity index (χ1n) is 5.70. The fourth-order valence-electron chi connectivity index (χ4n) is 1.88. The minimum Gasteiger partial charge on any atom is -0.432 e. The Labute approximate surface area is 101 Å². The molecule has 0 spiro atoms. The minimum absolute atomic E-state index is 0.311. The van der Waals surface area contributed by atoms with Crippen LogP contribution in [0, 0.1) is 0 Å². The van der Waals surface area contributed by atoms with Gasteiger partial charge in [0.05, 0.1) is 17.7 Å². The molecule has 1 aliphatic heterocycles. The van der Waals surface area contributed by atoms with E-state index < -0.39 is 0 Å². The normalized spacial score (nSPS) is 20.2. The van der Waals surface area contributed by atoms with Gasteiger partial charge in [0.25, 0.3) is 6.01 Å². The topological polar surface area (TPSA) is 38.5 Å². The number of anilines is 1. The van der Waals surface area contributed by atoms with Crippen molar-refractivity contribution in [3.05, 3.63) is 12.0 Å². The van der Waals surface area contributed by atoms with Crippen LogP contribution < -0.4 is 4.90 Å². The van der Waals surface area contributed by atoms with Crippen molar-refractivity contribution in [2.45, 2.75) is 31.7 Å². The maximum Gasteiger partial charge on any atom is 0.297 e. The first-order chi connectivity index (χ1) is 7.83. The average molecular weight is 245 g/mol. The zero-order valence-electron chi connectivity index (χ0n) is 9.49. The van der Waals surface area contributed by atoms with Gasteiger partial charge in [-0.1, -0.05) is 0 Å². The molecule has 1 atom stereocenters. The molecule has 1 aliphatic rings. The lowest BCUT2D eigenvalue weighted by Crippen LogP contribution is -2.32. The molecule has 16 heavy (non-hydrogen) atoms. The third-order valence-electron chi connectivity index (χ3n) is 2.78. The summed E-state index contributed by atoms with van der Waals surface area (Å²) in [4.78, 5) is 6.40. The third kappa shape index (κ3) is 2.68. The van der Waals surface area contributed by atoms with Crippen molar-refractivity contribution in [1.29, 1.82) is 0 Å². The van der Waals surface area contributed by atoms with Crippen LogP contribution in [0.4, 0.5) is 6.01 Å². The van der Waals surface area contributed by atoms with Crippen molar-refractivity contribution in [2.75, 3.05) is 24.6 Å². The van der Waals surface area contributed by atoms with Crippen molar-refractivity contribution >= 4 is 17.6 Å². The minimum atomic E-state index is 0.311. The van der Waals surface area contributed by atoms with E-state index >= 15 is 0 Å². The Kier molecular flexibility index (Phi) is 4.07. The molecule has 1 aromatic heterocycles. The highest BCUT2D eigenvalue weighted by molar-refractivity contribution is 6.16. The number of oxazole rings is 1. The van der Waals surface area contributed by atoms with Crippen molar-refractivity contribution in [1.82, 2.24) is 4.98 Å². The predicted octanol–water partition coefficient (Wildman–Crippen LogP) is 2.42. The SMILES string of the molecule is CCN(CC1CCCO1)c1nc(CCl)co1. The van der Waals surface area contributed by atoms with Crippen LogP contribution in [0.2, 0.25) is 0 Å². The second kappa shape index (κ2) is 5.55. The van der Waals surface area contributed by atoms with Gasteiger partial charge in [-0.3, -0.25) is 0 Å². The van der Waals surface area contributed by atoms with Gasteiger partial charge < -0.3 is 14.1 Å². The predicted molar refractivity (Wildman–Crippen MR) is 62.9 cm³/mol. The van der Waals surface area contributed by atoms with Crippen molar-refractivity contribution < 1.29 is 9.15 Å².